The number of rotatable bonds is 3. The minimum absolute atomic E-state index is 0.189. The topological polar surface area (TPSA) is 86.6 Å². The van der Waals surface area contributed by atoms with Crippen molar-refractivity contribution >= 4 is 15.8 Å². The number of benzene rings is 1. The van der Waals surface area contributed by atoms with E-state index in [1.54, 1.807) is 6.07 Å². The van der Waals surface area contributed by atoms with Crippen LogP contribution in [0.4, 0.5) is 5.69 Å². The summed E-state index contributed by atoms with van der Waals surface area (Å²) in [5, 5.41) is 11.4. The van der Waals surface area contributed by atoms with E-state index in [9.17, 15) is 8.42 Å². The molecule has 13 heavy (non-hydrogen) atoms. The highest BCUT2D eigenvalue weighted by atomic mass is 32.2. The van der Waals surface area contributed by atoms with E-state index in [4.69, 9.17) is 9.66 Å². The summed E-state index contributed by atoms with van der Waals surface area (Å²) < 4.78 is 29.0. The van der Waals surface area contributed by atoms with Crippen LogP contribution >= 0.6 is 0 Å². The van der Waals surface area contributed by atoms with Crippen LogP contribution in [-0.2, 0) is 10.1 Å². The molecule has 0 aromatic heterocycles. The van der Waals surface area contributed by atoms with Crippen molar-refractivity contribution in [3.05, 3.63) is 24.3 Å². The number of aromatic hydroxyl groups is 1. The zero-order valence-electron chi connectivity index (χ0n) is 6.56. The normalized spacial score (nSPS) is 11.2. The first-order valence-corrected chi connectivity index (χ1v) is 4.98. The molecule has 5 nitrogen and oxygen atoms in total. The molecule has 0 saturated heterocycles. The molecule has 0 unspecified atom stereocenters. The van der Waals surface area contributed by atoms with Gasteiger partial charge in [0.05, 0.1) is 5.69 Å². The molecule has 0 aliphatic carbocycles. The van der Waals surface area contributed by atoms with Gasteiger partial charge in [-0.15, -0.1) is 0 Å². The molecule has 0 fully saturated rings. The maximum atomic E-state index is 10.3. The van der Waals surface area contributed by atoms with E-state index < -0.39 is 16.0 Å². The highest BCUT2D eigenvalue weighted by molar-refractivity contribution is 7.85. The Balaban J connectivity index is 2.71. The zero-order chi connectivity index (χ0) is 9.90. The van der Waals surface area contributed by atoms with E-state index in [0.717, 1.165) is 0 Å². The molecule has 0 spiro atoms. The van der Waals surface area contributed by atoms with E-state index in [0.29, 0.717) is 0 Å². The molecule has 0 saturated carbocycles. The molecule has 71 valence electrons. The van der Waals surface area contributed by atoms with Crippen LogP contribution in [0.5, 0.6) is 5.75 Å². The van der Waals surface area contributed by atoms with Gasteiger partial charge in [-0.25, -0.2) is 0 Å². The second-order valence-electron chi connectivity index (χ2n) is 2.34. The summed E-state index contributed by atoms with van der Waals surface area (Å²) in [7, 11) is -4.08. The average molecular weight is 202 g/mol. The van der Waals surface area contributed by atoms with Crippen molar-refractivity contribution in [1.82, 2.24) is 0 Å². The molecule has 0 aliphatic heterocycles. The van der Waals surface area contributed by atoms with Crippen LogP contribution in [0.15, 0.2) is 18.2 Å². The number of anilines is 1. The van der Waals surface area contributed by atoms with Crippen molar-refractivity contribution in [1.29, 1.82) is 0 Å². The van der Waals surface area contributed by atoms with Gasteiger partial charge in [-0.1, -0.05) is 12.1 Å². The molecular weight excluding hydrogens is 194 g/mol. The van der Waals surface area contributed by atoms with Gasteiger partial charge in [-0.05, 0) is 6.07 Å². The number of phenolic OH excluding ortho intramolecular Hbond substituents is 1. The summed E-state index contributed by atoms with van der Waals surface area (Å²) in [6, 6.07) is 6.98. The summed E-state index contributed by atoms with van der Waals surface area (Å²) in [6.45, 7) is 0. The highest BCUT2D eigenvalue weighted by Gasteiger charge is 2.05. The van der Waals surface area contributed by atoms with Crippen LogP contribution in [0.1, 0.15) is 0 Å². The summed E-state index contributed by atoms with van der Waals surface area (Å²) >= 11 is 0. The molecule has 0 heterocycles. The summed E-state index contributed by atoms with van der Waals surface area (Å²) in [5.74, 6) is -0.829. The number of phenols is 1. The molecule has 1 aromatic carbocycles. The predicted molar refractivity (Wildman–Crippen MR) is 47.0 cm³/mol. The molecular formula is C7H8NO4S. The molecule has 0 aliphatic rings. The monoisotopic (exact) mass is 202 g/mol. The Kier molecular flexibility index (Phi) is 2.74. The lowest BCUT2D eigenvalue weighted by molar-refractivity contribution is 0.475. The van der Waals surface area contributed by atoms with Gasteiger partial charge < -0.3 is 10.4 Å². The van der Waals surface area contributed by atoms with E-state index in [2.05, 4.69) is 11.4 Å². The highest BCUT2D eigenvalue weighted by Crippen LogP contribution is 2.20. The Morgan fingerprint density at radius 2 is 2.23 bits per heavy atom. The third-order valence-electron chi connectivity index (χ3n) is 1.28. The Bertz CT molecular complexity index is 387. The van der Waals surface area contributed by atoms with Gasteiger partial charge in [0, 0.05) is 6.07 Å². The SMILES string of the molecule is O=S(=O)(O)CNc1ccc[c]c1O. The standard InChI is InChI=1S/C7H8NO4S/c9-7-4-2-1-3-6(7)8-5-13(10,11)12/h1-3,8-9H,5H2,(H,10,11,12). The van der Waals surface area contributed by atoms with Crippen molar-refractivity contribution in [3.63, 3.8) is 0 Å². The largest absolute Gasteiger partial charge is 0.505 e. The second kappa shape index (κ2) is 3.63. The molecule has 0 amide bonds. The second-order valence-corrected chi connectivity index (χ2v) is 3.79. The van der Waals surface area contributed by atoms with Gasteiger partial charge in [-0.2, -0.15) is 8.42 Å². The average Bonchev–Trinajstić information content (AvgIpc) is 2.01. The summed E-state index contributed by atoms with van der Waals surface area (Å²) in [5.41, 5.74) is 0.208. The first-order chi connectivity index (χ1) is 5.99. The Morgan fingerprint density at radius 3 is 2.77 bits per heavy atom. The van der Waals surface area contributed by atoms with Crippen molar-refractivity contribution in [3.8, 4) is 5.75 Å². The Hall–Kier alpha value is -1.27. The van der Waals surface area contributed by atoms with Gasteiger partial charge >= 0.3 is 0 Å². The van der Waals surface area contributed by atoms with Gasteiger partial charge in [0.15, 0.2) is 0 Å². The number of hydrogen-bond acceptors (Lipinski definition) is 4. The van der Waals surface area contributed by atoms with E-state index in [1.165, 1.54) is 12.1 Å². The van der Waals surface area contributed by atoms with Gasteiger partial charge in [0.2, 0.25) is 0 Å². The fourth-order valence-corrected chi connectivity index (χ4v) is 1.08. The maximum absolute atomic E-state index is 10.3. The molecule has 1 aromatic rings. The van der Waals surface area contributed by atoms with Gasteiger partial charge in [-0.3, -0.25) is 4.55 Å². The third-order valence-corrected chi connectivity index (χ3v) is 1.79. The minimum Gasteiger partial charge on any atom is -0.505 e. The predicted octanol–water partition coefficient (Wildman–Crippen LogP) is 0.450. The van der Waals surface area contributed by atoms with E-state index in [-0.39, 0.29) is 11.4 Å². The van der Waals surface area contributed by atoms with Crippen LogP contribution in [0, 0.1) is 6.07 Å². The lowest BCUT2D eigenvalue weighted by Crippen LogP contribution is -2.12. The molecule has 0 bridgehead atoms. The number of para-hydroxylation sites is 1. The fourth-order valence-electron chi connectivity index (χ4n) is 0.740. The van der Waals surface area contributed by atoms with Gasteiger partial charge in [0.25, 0.3) is 10.1 Å². The molecule has 0 atom stereocenters. The first kappa shape index (κ1) is 9.82. The van der Waals surface area contributed by atoms with Crippen LogP contribution in [0.25, 0.3) is 0 Å². The maximum Gasteiger partial charge on any atom is 0.283 e. The zero-order valence-corrected chi connectivity index (χ0v) is 7.37. The van der Waals surface area contributed by atoms with Crippen LogP contribution in [0.2, 0.25) is 0 Å². The van der Waals surface area contributed by atoms with Crippen LogP contribution < -0.4 is 5.32 Å². The smallest absolute Gasteiger partial charge is 0.283 e. The Labute approximate surface area is 75.8 Å². The molecule has 6 heteroatoms. The van der Waals surface area contributed by atoms with Crippen molar-refractivity contribution < 1.29 is 18.1 Å². The lowest BCUT2D eigenvalue weighted by atomic mass is 10.3. The summed E-state index contributed by atoms with van der Waals surface area (Å²) in [6.07, 6.45) is 0. The number of hydrogen-bond donors (Lipinski definition) is 3. The lowest BCUT2D eigenvalue weighted by Gasteiger charge is -2.04. The fraction of sp³-hybridized carbons (Fsp3) is 0.143. The molecule has 3 N–H and O–H groups in total. The molecule has 1 radical (unpaired) electrons. The molecule has 1 rings (SSSR count). The van der Waals surface area contributed by atoms with E-state index in [1.807, 2.05) is 0 Å². The van der Waals surface area contributed by atoms with Crippen molar-refractivity contribution in [2.75, 3.05) is 11.2 Å². The van der Waals surface area contributed by atoms with Crippen molar-refractivity contribution in [2.24, 2.45) is 0 Å². The quantitative estimate of drug-likeness (QED) is 0.489. The third kappa shape index (κ3) is 3.30. The van der Waals surface area contributed by atoms with Gasteiger partial charge in [0.1, 0.15) is 11.6 Å². The van der Waals surface area contributed by atoms with Crippen LogP contribution in [-0.4, -0.2) is 24.0 Å². The van der Waals surface area contributed by atoms with E-state index >= 15 is 0 Å². The van der Waals surface area contributed by atoms with Crippen LogP contribution in [0.3, 0.4) is 0 Å². The van der Waals surface area contributed by atoms with Crippen molar-refractivity contribution in [2.45, 2.75) is 0 Å². The number of nitrogens with one attached hydrogen (secondary N) is 1. The first-order valence-electron chi connectivity index (χ1n) is 3.38. The minimum atomic E-state index is -4.08. The summed E-state index contributed by atoms with van der Waals surface area (Å²) in [4.78, 5) is 0. The Morgan fingerprint density at radius 1 is 1.54 bits per heavy atom.